The van der Waals surface area contributed by atoms with Crippen LogP contribution in [0, 0.1) is 0 Å². The Morgan fingerprint density at radius 2 is 1.85 bits per heavy atom. The van der Waals surface area contributed by atoms with E-state index in [1.165, 1.54) is 0 Å². The Balaban J connectivity index is 3.60. The molecular formula is C9H5ClF6N2O2. The van der Waals surface area contributed by atoms with Crippen LogP contribution in [0.5, 0.6) is 5.75 Å². The molecule has 0 radical (unpaired) electrons. The minimum Gasteiger partial charge on any atom is -0.405 e. The molecule has 1 rings (SSSR count). The Morgan fingerprint density at radius 1 is 1.30 bits per heavy atom. The van der Waals surface area contributed by atoms with Crippen molar-refractivity contribution in [3.05, 3.63) is 23.0 Å². The van der Waals surface area contributed by atoms with Gasteiger partial charge < -0.3 is 10.5 Å². The highest BCUT2D eigenvalue weighted by molar-refractivity contribution is 6.67. The maximum absolute atomic E-state index is 12.6. The number of hydrogen-bond donors (Lipinski definition) is 1. The molecule has 0 aliphatic rings. The van der Waals surface area contributed by atoms with Crippen molar-refractivity contribution >= 4 is 16.8 Å². The molecule has 0 aliphatic heterocycles. The van der Waals surface area contributed by atoms with E-state index < -0.39 is 46.9 Å². The lowest BCUT2D eigenvalue weighted by atomic mass is 10.1. The summed E-state index contributed by atoms with van der Waals surface area (Å²) in [5.74, 6) is -1.63. The van der Waals surface area contributed by atoms with Crippen molar-refractivity contribution in [3.63, 3.8) is 0 Å². The standard InChI is InChI=1S/C9H5ClF6N2O2/c10-7(19)5-3(1-17)6(20-9(14,15)16)4(2-18-5)8(11,12)13/h2H,1,17H2. The van der Waals surface area contributed by atoms with Crippen LogP contribution >= 0.6 is 11.6 Å². The number of aromatic nitrogens is 1. The Kier molecular flexibility index (Phi) is 4.49. The summed E-state index contributed by atoms with van der Waals surface area (Å²) in [6, 6.07) is 0. The van der Waals surface area contributed by atoms with E-state index in [0.29, 0.717) is 0 Å². The van der Waals surface area contributed by atoms with Crippen LogP contribution in [0.3, 0.4) is 0 Å². The highest BCUT2D eigenvalue weighted by atomic mass is 35.5. The molecule has 4 nitrogen and oxygen atoms in total. The summed E-state index contributed by atoms with van der Waals surface area (Å²) in [5, 5.41) is -1.36. The van der Waals surface area contributed by atoms with Gasteiger partial charge in [0.1, 0.15) is 17.0 Å². The summed E-state index contributed by atoms with van der Waals surface area (Å²) in [7, 11) is 0. The fourth-order valence-electron chi connectivity index (χ4n) is 1.33. The average Bonchev–Trinajstić information content (AvgIpc) is 2.24. The van der Waals surface area contributed by atoms with Crippen LogP contribution in [0.1, 0.15) is 21.6 Å². The van der Waals surface area contributed by atoms with E-state index >= 15 is 0 Å². The number of hydrogen-bond acceptors (Lipinski definition) is 4. The fraction of sp³-hybridized carbons (Fsp3) is 0.333. The third-order valence-corrected chi connectivity index (χ3v) is 2.22. The first-order chi connectivity index (χ1) is 8.97. The van der Waals surface area contributed by atoms with E-state index in [4.69, 9.17) is 17.3 Å². The lowest BCUT2D eigenvalue weighted by Crippen LogP contribution is -2.23. The van der Waals surface area contributed by atoms with Crippen molar-refractivity contribution in [1.82, 2.24) is 4.98 Å². The van der Waals surface area contributed by atoms with E-state index in [2.05, 4.69) is 9.72 Å². The number of pyridine rings is 1. The van der Waals surface area contributed by atoms with Crippen LogP contribution in [-0.4, -0.2) is 16.6 Å². The van der Waals surface area contributed by atoms with E-state index in [-0.39, 0.29) is 6.20 Å². The molecule has 112 valence electrons. The summed E-state index contributed by atoms with van der Waals surface area (Å²) in [6.45, 7) is -0.851. The van der Waals surface area contributed by atoms with Crippen molar-refractivity contribution in [2.24, 2.45) is 5.73 Å². The van der Waals surface area contributed by atoms with Crippen LogP contribution in [0.15, 0.2) is 6.20 Å². The molecule has 20 heavy (non-hydrogen) atoms. The molecule has 0 amide bonds. The van der Waals surface area contributed by atoms with Crippen LogP contribution < -0.4 is 10.5 Å². The Labute approximate surface area is 112 Å². The lowest BCUT2D eigenvalue weighted by molar-refractivity contribution is -0.276. The predicted octanol–water partition coefficient (Wildman–Crippen LogP) is 2.84. The summed E-state index contributed by atoms with van der Waals surface area (Å²) in [5.41, 5.74) is 1.54. The molecule has 0 saturated heterocycles. The Morgan fingerprint density at radius 3 is 2.20 bits per heavy atom. The molecule has 11 heteroatoms. The minimum atomic E-state index is -5.40. The normalized spacial score (nSPS) is 12.4. The first kappa shape index (κ1) is 16.5. The molecule has 1 aromatic rings. The molecule has 0 unspecified atom stereocenters. The molecule has 0 atom stereocenters. The van der Waals surface area contributed by atoms with Crippen molar-refractivity contribution in [2.75, 3.05) is 0 Å². The molecule has 0 fully saturated rings. The SMILES string of the molecule is NCc1c(C(=O)Cl)ncc(C(F)(F)F)c1OC(F)(F)F. The summed E-state index contributed by atoms with van der Waals surface area (Å²) in [6.07, 6.45) is -10.6. The highest BCUT2D eigenvalue weighted by Gasteiger charge is 2.42. The molecule has 0 aliphatic carbocycles. The van der Waals surface area contributed by atoms with Gasteiger partial charge in [-0.3, -0.25) is 9.78 Å². The third-order valence-electron chi connectivity index (χ3n) is 2.04. The quantitative estimate of drug-likeness (QED) is 0.686. The maximum Gasteiger partial charge on any atom is 0.573 e. The average molecular weight is 323 g/mol. The Bertz CT molecular complexity index is 528. The van der Waals surface area contributed by atoms with Crippen LogP contribution in [-0.2, 0) is 12.7 Å². The highest BCUT2D eigenvalue weighted by Crippen LogP contribution is 2.41. The summed E-state index contributed by atoms with van der Waals surface area (Å²) in [4.78, 5) is 14.0. The number of rotatable bonds is 3. The van der Waals surface area contributed by atoms with Crippen LogP contribution in [0.4, 0.5) is 26.3 Å². The molecule has 0 aromatic carbocycles. The molecule has 1 aromatic heterocycles. The molecule has 2 N–H and O–H groups in total. The molecule has 1 heterocycles. The number of nitrogens with two attached hydrogens (primary N) is 1. The van der Waals surface area contributed by atoms with Gasteiger partial charge in [0.15, 0.2) is 0 Å². The van der Waals surface area contributed by atoms with Gasteiger partial charge >= 0.3 is 12.5 Å². The van der Waals surface area contributed by atoms with Crippen molar-refractivity contribution in [3.8, 4) is 5.75 Å². The van der Waals surface area contributed by atoms with Crippen molar-refractivity contribution in [1.29, 1.82) is 0 Å². The van der Waals surface area contributed by atoms with E-state index in [1.54, 1.807) is 0 Å². The van der Waals surface area contributed by atoms with Crippen LogP contribution in [0.25, 0.3) is 0 Å². The number of ether oxygens (including phenoxy) is 1. The summed E-state index contributed by atoms with van der Waals surface area (Å²) < 4.78 is 77.8. The van der Waals surface area contributed by atoms with Gasteiger partial charge in [0.05, 0.1) is 0 Å². The number of carbonyl (C=O) groups excluding carboxylic acids is 1. The number of carbonyl (C=O) groups is 1. The molecule has 0 saturated carbocycles. The number of alkyl halides is 6. The van der Waals surface area contributed by atoms with Gasteiger partial charge in [-0.2, -0.15) is 13.2 Å². The van der Waals surface area contributed by atoms with Gasteiger partial charge in [-0.05, 0) is 11.6 Å². The van der Waals surface area contributed by atoms with Crippen molar-refractivity contribution in [2.45, 2.75) is 19.1 Å². The molecular weight excluding hydrogens is 318 g/mol. The number of halogens is 7. The lowest BCUT2D eigenvalue weighted by Gasteiger charge is -2.18. The molecule has 0 spiro atoms. The van der Waals surface area contributed by atoms with Gasteiger partial charge in [-0.25, -0.2) is 0 Å². The zero-order valence-electron chi connectivity index (χ0n) is 9.27. The first-order valence-corrected chi connectivity index (χ1v) is 5.10. The second-order valence-electron chi connectivity index (χ2n) is 3.35. The first-order valence-electron chi connectivity index (χ1n) is 4.72. The van der Waals surface area contributed by atoms with Crippen LogP contribution in [0.2, 0.25) is 0 Å². The topological polar surface area (TPSA) is 65.2 Å². The zero-order valence-corrected chi connectivity index (χ0v) is 10.0. The van der Waals surface area contributed by atoms with Gasteiger partial charge in [0, 0.05) is 18.3 Å². The number of nitrogens with zero attached hydrogens (tertiary/aromatic N) is 1. The van der Waals surface area contributed by atoms with E-state index in [0.717, 1.165) is 0 Å². The zero-order chi connectivity index (χ0) is 15.7. The van der Waals surface area contributed by atoms with Gasteiger partial charge in [0.25, 0.3) is 5.24 Å². The fourth-order valence-corrected chi connectivity index (χ4v) is 1.49. The molecule has 0 bridgehead atoms. The van der Waals surface area contributed by atoms with E-state index in [9.17, 15) is 31.1 Å². The van der Waals surface area contributed by atoms with Gasteiger partial charge in [-0.1, -0.05) is 0 Å². The monoisotopic (exact) mass is 322 g/mol. The predicted molar refractivity (Wildman–Crippen MR) is 54.0 cm³/mol. The largest absolute Gasteiger partial charge is 0.573 e. The second-order valence-corrected chi connectivity index (χ2v) is 3.69. The Hall–Kier alpha value is -1.55. The van der Waals surface area contributed by atoms with Gasteiger partial charge in [0.2, 0.25) is 0 Å². The smallest absolute Gasteiger partial charge is 0.405 e. The van der Waals surface area contributed by atoms with Crippen molar-refractivity contribution < 1.29 is 35.9 Å². The van der Waals surface area contributed by atoms with Gasteiger partial charge in [-0.15, -0.1) is 13.2 Å². The summed E-state index contributed by atoms with van der Waals surface area (Å²) >= 11 is 5.02. The minimum absolute atomic E-state index is 0.0237. The maximum atomic E-state index is 12.6. The third kappa shape index (κ3) is 3.73. The second kappa shape index (κ2) is 5.44. The van der Waals surface area contributed by atoms with E-state index in [1.807, 2.05) is 0 Å².